The molecule has 0 bridgehead atoms. The third kappa shape index (κ3) is 4.40. The Kier molecular flexibility index (Phi) is 5.97. The van der Waals surface area contributed by atoms with Gasteiger partial charge in [0.15, 0.2) is 10.9 Å². The van der Waals surface area contributed by atoms with Crippen LogP contribution in [0.15, 0.2) is 64.9 Å². The number of thioether (sulfide) groups is 1. The fraction of sp³-hybridized carbons (Fsp3) is 0.211. The number of nitrogens with zero attached hydrogens (tertiary/aromatic N) is 3. The van der Waals surface area contributed by atoms with Gasteiger partial charge in [0.1, 0.15) is 5.75 Å². The van der Waals surface area contributed by atoms with Gasteiger partial charge in [0.05, 0.1) is 18.6 Å². The smallest absolute Gasteiger partial charge is 0.237 e. The number of anilines is 1. The molecule has 1 amide bonds. The molecule has 0 fully saturated rings. The summed E-state index contributed by atoms with van der Waals surface area (Å²) in [6, 6.07) is 10.8. The van der Waals surface area contributed by atoms with Gasteiger partial charge >= 0.3 is 0 Å². The highest BCUT2D eigenvalue weighted by Crippen LogP contribution is 2.28. The van der Waals surface area contributed by atoms with Gasteiger partial charge in [-0.05, 0) is 43.3 Å². The normalized spacial score (nSPS) is 11.8. The molecule has 3 aromatic rings. The van der Waals surface area contributed by atoms with Crippen molar-refractivity contribution in [3.05, 3.63) is 55.3 Å². The first-order valence-corrected chi connectivity index (χ1v) is 9.20. The lowest BCUT2D eigenvalue weighted by Crippen LogP contribution is -2.22. The van der Waals surface area contributed by atoms with Crippen molar-refractivity contribution < 1.29 is 13.9 Å². The van der Waals surface area contributed by atoms with Gasteiger partial charge < -0.3 is 14.5 Å². The first-order chi connectivity index (χ1) is 13.1. The van der Waals surface area contributed by atoms with Crippen LogP contribution in [0.1, 0.15) is 6.92 Å². The summed E-state index contributed by atoms with van der Waals surface area (Å²) in [7, 11) is 1.60. The molecule has 0 radical (unpaired) electrons. The van der Waals surface area contributed by atoms with Crippen molar-refractivity contribution in [2.75, 3.05) is 12.4 Å². The van der Waals surface area contributed by atoms with Crippen molar-refractivity contribution in [2.45, 2.75) is 23.9 Å². The Morgan fingerprint density at radius 1 is 1.37 bits per heavy atom. The van der Waals surface area contributed by atoms with Crippen molar-refractivity contribution in [1.82, 2.24) is 14.8 Å². The Hall–Kier alpha value is -3.00. The number of hydrogen-bond donors (Lipinski definition) is 1. The monoisotopic (exact) mass is 384 g/mol. The van der Waals surface area contributed by atoms with E-state index in [1.54, 1.807) is 49.8 Å². The second kappa shape index (κ2) is 8.59. The van der Waals surface area contributed by atoms with Crippen LogP contribution in [-0.4, -0.2) is 33.0 Å². The topological polar surface area (TPSA) is 82.2 Å². The first kappa shape index (κ1) is 18.8. The molecule has 1 N–H and O–H groups in total. The van der Waals surface area contributed by atoms with Gasteiger partial charge in [-0.2, -0.15) is 0 Å². The maximum absolute atomic E-state index is 12.5. The SMILES string of the molecule is C=CCn1c(SC(C)C(=O)Nc2ccc(OC)cc2)nnc1-c1ccco1. The second-order valence-electron chi connectivity index (χ2n) is 5.66. The minimum atomic E-state index is -0.371. The van der Waals surface area contributed by atoms with E-state index < -0.39 is 0 Å². The fourth-order valence-corrected chi connectivity index (χ4v) is 3.25. The molecule has 1 atom stereocenters. The summed E-state index contributed by atoms with van der Waals surface area (Å²) in [5.41, 5.74) is 0.706. The number of aromatic nitrogens is 3. The summed E-state index contributed by atoms with van der Waals surface area (Å²) in [6.07, 6.45) is 3.34. The van der Waals surface area contributed by atoms with E-state index in [9.17, 15) is 4.79 Å². The molecule has 0 aliphatic heterocycles. The molecule has 1 unspecified atom stereocenters. The van der Waals surface area contributed by atoms with Crippen LogP contribution in [0.2, 0.25) is 0 Å². The zero-order chi connectivity index (χ0) is 19.2. The van der Waals surface area contributed by atoms with Gasteiger partial charge in [-0.3, -0.25) is 9.36 Å². The fourth-order valence-electron chi connectivity index (χ4n) is 2.39. The number of carbonyl (C=O) groups is 1. The summed E-state index contributed by atoms with van der Waals surface area (Å²) in [5.74, 6) is 1.83. The van der Waals surface area contributed by atoms with Crippen LogP contribution in [0, 0.1) is 0 Å². The predicted molar refractivity (Wildman–Crippen MR) is 105 cm³/mol. The lowest BCUT2D eigenvalue weighted by atomic mass is 10.3. The van der Waals surface area contributed by atoms with Crippen molar-refractivity contribution >= 4 is 23.4 Å². The highest BCUT2D eigenvalue weighted by molar-refractivity contribution is 8.00. The summed E-state index contributed by atoms with van der Waals surface area (Å²) < 4.78 is 12.4. The largest absolute Gasteiger partial charge is 0.497 e. The first-order valence-electron chi connectivity index (χ1n) is 8.32. The highest BCUT2D eigenvalue weighted by atomic mass is 32.2. The number of furan rings is 1. The van der Waals surface area contributed by atoms with Crippen molar-refractivity contribution in [3.63, 3.8) is 0 Å². The number of amides is 1. The lowest BCUT2D eigenvalue weighted by Gasteiger charge is -2.13. The van der Waals surface area contributed by atoms with E-state index >= 15 is 0 Å². The van der Waals surface area contributed by atoms with E-state index in [0.717, 1.165) is 5.75 Å². The number of allylic oxidation sites excluding steroid dienone is 1. The van der Waals surface area contributed by atoms with Gasteiger partial charge in [0.2, 0.25) is 11.7 Å². The molecule has 3 rings (SSSR count). The number of benzene rings is 1. The lowest BCUT2D eigenvalue weighted by molar-refractivity contribution is -0.115. The number of hydrogen-bond acceptors (Lipinski definition) is 6. The summed E-state index contributed by atoms with van der Waals surface area (Å²) in [4.78, 5) is 12.5. The van der Waals surface area contributed by atoms with Crippen LogP contribution in [0.5, 0.6) is 5.75 Å². The minimum absolute atomic E-state index is 0.127. The molecular weight excluding hydrogens is 364 g/mol. The highest BCUT2D eigenvalue weighted by Gasteiger charge is 2.21. The summed E-state index contributed by atoms with van der Waals surface area (Å²) >= 11 is 1.33. The molecule has 8 heteroatoms. The van der Waals surface area contributed by atoms with Crippen LogP contribution in [0.4, 0.5) is 5.69 Å². The Labute approximate surface area is 161 Å². The number of nitrogens with one attached hydrogen (secondary N) is 1. The Morgan fingerprint density at radius 3 is 2.78 bits per heavy atom. The number of methoxy groups -OCH3 is 1. The maximum Gasteiger partial charge on any atom is 0.237 e. The van der Waals surface area contributed by atoms with Gasteiger partial charge in [0.25, 0.3) is 0 Å². The zero-order valence-electron chi connectivity index (χ0n) is 15.1. The molecule has 1 aromatic carbocycles. The molecular formula is C19H20N4O3S. The maximum atomic E-state index is 12.5. The quantitative estimate of drug-likeness (QED) is 0.469. The standard InChI is InChI=1S/C19H20N4O3S/c1-4-11-23-17(16-6-5-12-26-16)21-22-19(23)27-13(2)18(24)20-14-7-9-15(25-3)10-8-14/h4-10,12-13H,1,11H2,2-3H3,(H,20,24). The number of carbonyl (C=O) groups excluding carboxylic acids is 1. The molecule has 0 aliphatic carbocycles. The van der Waals surface area contributed by atoms with E-state index in [1.165, 1.54) is 11.8 Å². The summed E-state index contributed by atoms with van der Waals surface area (Å²) in [6.45, 7) is 6.11. The number of ether oxygens (including phenoxy) is 1. The molecule has 2 heterocycles. The van der Waals surface area contributed by atoms with Crippen molar-refractivity contribution in [1.29, 1.82) is 0 Å². The molecule has 7 nitrogen and oxygen atoms in total. The van der Waals surface area contributed by atoms with Crippen LogP contribution < -0.4 is 10.1 Å². The second-order valence-corrected chi connectivity index (χ2v) is 6.97. The van der Waals surface area contributed by atoms with Gasteiger partial charge in [0, 0.05) is 12.2 Å². The minimum Gasteiger partial charge on any atom is -0.497 e. The molecule has 2 aromatic heterocycles. The van der Waals surface area contributed by atoms with E-state index in [-0.39, 0.29) is 11.2 Å². The van der Waals surface area contributed by atoms with E-state index in [2.05, 4.69) is 22.1 Å². The molecule has 140 valence electrons. The van der Waals surface area contributed by atoms with Crippen molar-refractivity contribution in [3.8, 4) is 17.3 Å². The average molecular weight is 384 g/mol. The average Bonchev–Trinajstić information content (AvgIpc) is 3.33. The molecule has 27 heavy (non-hydrogen) atoms. The van der Waals surface area contributed by atoms with E-state index in [1.807, 2.05) is 17.6 Å². The third-order valence-electron chi connectivity index (χ3n) is 3.78. The number of rotatable bonds is 8. The molecule has 0 saturated carbocycles. The molecule has 0 spiro atoms. The van der Waals surface area contributed by atoms with E-state index in [0.29, 0.717) is 29.0 Å². The Balaban J connectivity index is 1.71. The van der Waals surface area contributed by atoms with Crippen LogP contribution in [0.3, 0.4) is 0 Å². The van der Waals surface area contributed by atoms with Gasteiger partial charge in [-0.25, -0.2) is 0 Å². The zero-order valence-corrected chi connectivity index (χ0v) is 15.9. The van der Waals surface area contributed by atoms with Crippen LogP contribution in [0.25, 0.3) is 11.6 Å². The van der Waals surface area contributed by atoms with Gasteiger partial charge in [-0.1, -0.05) is 17.8 Å². The Bertz CT molecular complexity index is 904. The van der Waals surface area contributed by atoms with E-state index in [4.69, 9.17) is 9.15 Å². The van der Waals surface area contributed by atoms with Crippen molar-refractivity contribution in [2.24, 2.45) is 0 Å². The van der Waals surface area contributed by atoms with Crippen LogP contribution in [-0.2, 0) is 11.3 Å². The Morgan fingerprint density at radius 2 is 2.15 bits per heavy atom. The predicted octanol–water partition coefficient (Wildman–Crippen LogP) is 3.85. The molecule has 0 aliphatic rings. The third-order valence-corrected chi connectivity index (χ3v) is 4.86. The van der Waals surface area contributed by atoms with Gasteiger partial charge in [-0.15, -0.1) is 16.8 Å². The van der Waals surface area contributed by atoms with Crippen LogP contribution >= 0.6 is 11.8 Å². The summed E-state index contributed by atoms with van der Waals surface area (Å²) in [5, 5.41) is 11.6. The molecule has 0 saturated heterocycles.